The van der Waals surface area contributed by atoms with Gasteiger partial charge in [-0.15, -0.1) is 5.10 Å². The summed E-state index contributed by atoms with van der Waals surface area (Å²) in [6, 6.07) is 9.93. The zero-order chi connectivity index (χ0) is 19.8. The Bertz CT molecular complexity index is 1050. The Labute approximate surface area is 162 Å². The smallest absolute Gasteiger partial charge is 0.234 e. The Hall–Kier alpha value is -2.66. The van der Waals surface area contributed by atoms with Crippen LogP contribution in [-0.2, 0) is 4.79 Å². The number of para-hydroxylation sites is 1. The second-order valence-electron chi connectivity index (χ2n) is 7.02. The third-order valence-electron chi connectivity index (χ3n) is 4.68. The number of benzene rings is 1. The molecule has 3 aromatic rings. The second-order valence-corrected chi connectivity index (χ2v) is 8.33. The lowest BCUT2D eigenvalue weighted by atomic mass is 9.90. The van der Waals surface area contributed by atoms with E-state index in [9.17, 15) is 10.1 Å². The van der Waals surface area contributed by atoms with E-state index in [1.54, 1.807) is 18.4 Å². The van der Waals surface area contributed by atoms with Crippen LogP contribution < -0.4 is 5.32 Å². The lowest BCUT2D eigenvalue weighted by Crippen LogP contribution is -2.51. The molecule has 1 amide bonds. The number of carbonyl (C=O) groups is 1. The number of hydrogen-bond donors (Lipinski definition) is 1. The Morgan fingerprint density at radius 2 is 2.00 bits per heavy atom. The number of nitriles is 1. The maximum atomic E-state index is 12.7. The van der Waals surface area contributed by atoms with Crippen LogP contribution in [0.15, 0.2) is 29.4 Å². The van der Waals surface area contributed by atoms with Crippen molar-refractivity contribution >= 4 is 34.2 Å². The van der Waals surface area contributed by atoms with Gasteiger partial charge in [0.2, 0.25) is 5.91 Å². The van der Waals surface area contributed by atoms with E-state index in [1.807, 2.05) is 45.0 Å². The number of rotatable bonds is 5. The number of thioether (sulfide) groups is 1. The highest BCUT2D eigenvalue weighted by Gasteiger charge is 2.32. The molecule has 2 heterocycles. The van der Waals surface area contributed by atoms with Crippen LogP contribution in [0.3, 0.4) is 0 Å². The predicted octanol–water partition coefficient (Wildman–Crippen LogP) is 3.12. The van der Waals surface area contributed by atoms with Crippen molar-refractivity contribution in [2.24, 2.45) is 5.92 Å². The number of carbonyl (C=O) groups excluding carboxylic acids is 1. The minimum atomic E-state index is -0.915. The number of amides is 1. The summed E-state index contributed by atoms with van der Waals surface area (Å²) in [5.41, 5.74) is 0.607. The number of hydrogen-bond acceptors (Lipinski definition) is 6. The largest absolute Gasteiger partial charge is 0.337 e. The molecule has 0 bridgehead atoms. The topological polar surface area (TPSA) is 96.0 Å². The molecule has 140 valence electrons. The fourth-order valence-electron chi connectivity index (χ4n) is 2.58. The number of aryl methyl sites for hydroxylation is 1. The van der Waals surface area contributed by atoms with Gasteiger partial charge in [-0.05, 0) is 38.8 Å². The Morgan fingerprint density at radius 1 is 1.30 bits per heavy atom. The molecule has 0 aliphatic rings. The van der Waals surface area contributed by atoms with Crippen molar-refractivity contribution in [1.29, 1.82) is 5.26 Å². The summed E-state index contributed by atoms with van der Waals surface area (Å²) < 4.78 is 1.68. The highest BCUT2D eigenvalue weighted by Crippen LogP contribution is 2.27. The zero-order valence-electron chi connectivity index (χ0n) is 16.0. The van der Waals surface area contributed by atoms with Crippen molar-refractivity contribution in [2.45, 2.75) is 50.6 Å². The van der Waals surface area contributed by atoms with Crippen molar-refractivity contribution < 1.29 is 4.79 Å². The molecule has 1 N–H and O–H groups in total. The van der Waals surface area contributed by atoms with E-state index in [1.165, 1.54) is 11.8 Å². The summed E-state index contributed by atoms with van der Waals surface area (Å²) in [4.78, 5) is 21.8. The molecule has 0 saturated heterocycles. The summed E-state index contributed by atoms with van der Waals surface area (Å²) >= 11 is 1.30. The van der Waals surface area contributed by atoms with Crippen molar-refractivity contribution in [2.75, 3.05) is 0 Å². The third kappa shape index (κ3) is 3.60. The van der Waals surface area contributed by atoms with E-state index >= 15 is 0 Å². The van der Waals surface area contributed by atoms with Crippen LogP contribution in [0, 0.1) is 24.2 Å². The van der Waals surface area contributed by atoms with Crippen LogP contribution >= 0.6 is 11.8 Å². The first-order chi connectivity index (χ1) is 12.7. The molecular weight excluding hydrogens is 360 g/mol. The van der Waals surface area contributed by atoms with Gasteiger partial charge in [0.1, 0.15) is 11.4 Å². The SMILES string of the molecule is Cc1nc2c3ccccc3nc(SC(C)C(=O)NC(C)(C#N)C(C)C)n2n1. The lowest BCUT2D eigenvalue weighted by Gasteiger charge is -2.28. The lowest BCUT2D eigenvalue weighted by molar-refractivity contribution is -0.121. The van der Waals surface area contributed by atoms with Crippen LogP contribution in [0.4, 0.5) is 0 Å². The van der Waals surface area contributed by atoms with Crippen molar-refractivity contribution in [3.8, 4) is 6.07 Å². The fraction of sp³-hybridized carbons (Fsp3) is 0.421. The molecule has 3 rings (SSSR count). The summed E-state index contributed by atoms with van der Waals surface area (Å²) in [5.74, 6) is 0.425. The molecule has 7 nitrogen and oxygen atoms in total. The van der Waals surface area contributed by atoms with Crippen LogP contribution in [0.2, 0.25) is 0 Å². The monoisotopic (exact) mass is 382 g/mol. The Kier molecular flexibility index (Phi) is 5.07. The zero-order valence-corrected chi connectivity index (χ0v) is 16.8. The van der Waals surface area contributed by atoms with Gasteiger partial charge in [-0.2, -0.15) is 9.78 Å². The minimum Gasteiger partial charge on any atom is -0.337 e. The summed E-state index contributed by atoms with van der Waals surface area (Å²) in [7, 11) is 0. The van der Waals surface area contributed by atoms with E-state index < -0.39 is 10.8 Å². The molecule has 0 saturated carbocycles. The third-order valence-corrected chi connectivity index (χ3v) is 5.72. The first kappa shape index (κ1) is 19.1. The number of nitrogens with zero attached hydrogens (tertiary/aromatic N) is 5. The summed E-state index contributed by atoms with van der Waals surface area (Å²) in [6.45, 7) is 9.18. The number of nitrogens with one attached hydrogen (secondary N) is 1. The Morgan fingerprint density at radius 3 is 2.67 bits per heavy atom. The predicted molar refractivity (Wildman–Crippen MR) is 105 cm³/mol. The number of fused-ring (bicyclic) bond motifs is 3. The van der Waals surface area contributed by atoms with E-state index in [4.69, 9.17) is 0 Å². The van der Waals surface area contributed by atoms with Crippen LogP contribution in [-0.4, -0.2) is 36.3 Å². The van der Waals surface area contributed by atoms with Crippen molar-refractivity contribution in [1.82, 2.24) is 24.9 Å². The molecule has 0 spiro atoms. The maximum absolute atomic E-state index is 12.7. The molecular formula is C19H22N6OS. The molecule has 2 aromatic heterocycles. The highest BCUT2D eigenvalue weighted by molar-refractivity contribution is 8.00. The van der Waals surface area contributed by atoms with E-state index in [-0.39, 0.29) is 11.8 Å². The molecule has 1 aromatic carbocycles. The first-order valence-electron chi connectivity index (χ1n) is 8.77. The molecule has 0 aliphatic heterocycles. The Balaban J connectivity index is 1.94. The molecule has 0 fully saturated rings. The molecule has 27 heavy (non-hydrogen) atoms. The fourth-order valence-corrected chi connectivity index (χ4v) is 3.44. The minimum absolute atomic E-state index is 0.00730. The van der Waals surface area contributed by atoms with E-state index in [2.05, 4.69) is 26.5 Å². The van der Waals surface area contributed by atoms with Gasteiger partial charge in [0.15, 0.2) is 10.8 Å². The van der Waals surface area contributed by atoms with Crippen molar-refractivity contribution in [3.05, 3.63) is 30.1 Å². The summed E-state index contributed by atoms with van der Waals surface area (Å²) in [5, 5.41) is 17.8. The molecule has 2 atom stereocenters. The number of aromatic nitrogens is 4. The normalized spacial score (nSPS) is 14.9. The van der Waals surface area contributed by atoms with Gasteiger partial charge in [0, 0.05) is 5.39 Å². The second kappa shape index (κ2) is 7.16. The maximum Gasteiger partial charge on any atom is 0.234 e. The van der Waals surface area contributed by atoms with Gasteiger partial charge in [-0.1, -0.05) is 37.7 Å². The van der Waals surface area contributed by atoms with Gasteiger partial charge >= 0.3 is 0 Å². The highest BCUT2D eigenvalue weighted by atomic mass is 32.2. The van der Waals surface area contributed by atoms with Gasteiger partial charge in [0.05, 0.1) is 16.8 Å². The summed E-state index contributed by atoms with van der Waals surface area (Å²) in [6.07, 6.45) is 0. The average molecular weight is 382 g/mol. The first-order valence-corrected chi connectivity index (χ1v) is 9.65. The molecule has 0 radical (unpaired) electrons. The van der Waals surface area contributed by atoms with Crippen LogP contribution in [0.25, 0.3) is 16.6 Å². The molecule has 2 unspecified atom stereocenters. The van der Waals surface area contributed by atoms with Crippen molar-refractivity contribution in [3.63, 3.8) is 0 Å². The quantitative estimate of drug-likeness (QED) is 0.538. The molecule has 0 aliphatic carbocycles. The van der Waals surface area contributed by atoms with Gasteiger partial charge in [0.25, 0.3) is 0 Å². The van der Waals surface area contributed by atoms with Gasteiger partial charge in [-0.3, -0.25) is 4.79 Å². The van der Waals surface area contributed by atoms with Crippen LogP contribution in [0.1, 0.15) is 33.5 Å². The van der Waals surface area contributed by atoms with Gasteiger partial charge in [-0.25, -0.2) is 9.97 Å². The van der Waals surface area contributed by atoms with E-state index in [0.29, 0.717) is 11.0 Å². The molecule has 8 heteroatoms. The van der Waals surface area contributed by atoms with E-state index in [0.717, 1.165) is 16.6 Å². The average Bonchev–Trinajstić information content (AvgIpc) is 3.03. The van der Waals surface area contributed by atoms with Gasteiger partial charge < -0.3 is 5.32 Å². The van der Waals surface area contributed by atoms with Crippen LogP contribution in [0.5, 0.6) is 0 Å². The standard InChI is InChI=1S/C19H22N6OS/c1-11(2)19(5,10-20)23-17(26)12(3)27-18-22-15-9-7-6-8-14(15)16-21-13(4)24-25(16)18/h6-9,11-12H,1-5H3,(H,23,26).